The predicted octanol–water partition coefficient (Wildman–Crippen LogP) is 3.08. The van der Waals surface area contributed by atoms with E-state index >= 15 is 0 Å². The molecule has 1 unspecified atom stereocenters. The van der Waals surface area contributed by atoms with Crippen molar-refractivity contribution in [3.8, 4) is 5.75 Å². The van der Waals surface area contributed by atoms with E-state index in [0.717, 1.165) is 49.2 Å². The number of halogens is 1. The number of nitrogens with one attached hydrogen (secondary N) is 3. The molecule has 3 aromatic rings. The van der Waals surface area contributed by atoms with Crippen LogP contribution >= 0.6 is 11.6 Å². The smallest absolute Gasteiger partial charge is 0.293 e. The van der Waals surface area contributed by atoms with Crippen LogP contribution in [0.5, 0.6) is 5.75 Å². The number of amides is 1. The maximum Gasteiger partial charge on any atom is 0.293 e. The zero-order valence-corrected chi connectivity index (χ0v) is 22.1. The molecule has 0 saturated carbocycles. The van der Waals surface area contributed by atoms with Gasteiger partial charge in [0.15, 0.2) is 18.2 Å². The molecule has 0 radical (unpaired) electrons. The number of fused-ring (bicyclic) bond motifs is 1. The zero-order chi connectivity index (χ0) is 26.2. The number of pyridine rings is 1. The number of carbonyl (C=O) groups is 1. The summed E-state index contributed by atoms with van der Waals surface area (Å²) in [5, 5.41) is 10.5. The van der Waals surface area contributed by atoms with Gasteiger partial charge in [-0.15, -0.1) is 0 Å². The Morgan fingerprint density at radius 1 is 1.30 bits per heavy atom. The van der Waals surface area contributed by atoms with Crippen molar-refractivity contribution in [2.24, 2.45) is 5.41 Å². The van der Waals surface area contributed by atoms with Crippen LogP contribution in [-0.4, -0.2) is 60.3 Å². The summed E-state index contributed by atoms with van der Waals surface area (Å²) in [6, 6.07) is 7.24. The van der Waals surface area contributed by atoms with Gasteiger partial charge in [0.2, 0.25) is 5.95 Å². The van der Waals surface area contributed by atoms with Gasteiger partial charge in [-0.05, 0) is 57.5 Å². The van der Waals surface area contributed by atoms with Crippen LogP contribution < -0.4 is 31.1 Å². The number of hydrogen-bond donors (Lipinski definition) is 3. The highest BCUT2D eigenvalue weighted by Gasteiger charge is 2.41. The topological polar surface area (TPSA) is 113 Å². The highest BCUT2D eigenvalue weighted by molar-refractivity contribution is 6.32. The predicted molar refractivity (Wildman–Crippen MR) is 145 cm³/mol. The van der Waals surface area contributed by atoms with Crippen molar-refractivity contribution in [3.63, 3.8) is 0 Å². The third-order valence-corrected chi connectivity index (χ3v) is 7.48. The van der Waals surface area contributed by atoms with Gasteiger partial charge >= 0.3 is 0 Å². The van der Waals surface area contributed by atoms with E-state index < -0.39 is 0 Å². The van der Waals surface area contributed by atoms with Crippen LogP contribution in [-0.2, 0) is 4.79 Å². The monoisotopic (exact) mass is 525 g/mol. The summed E-state index contributed by atoms with van der Waals surface area (Å²) < 4.78 is 7.22. The maximum atomic E-state index is 13.0. The van der Waals surface area contributed by atoms with Crippen LogP contribution in [0.2, 0.25) is 5.02 Å². The van der Waals surface area contributed by atoms with Crippen LogP contribution in [0.4, 0.5) is 17.5 Å². The summed E-state index contributed by atoms with van der Waals surface area (Å²) in [5.74, 6) is 0.988. The Hall–Kier alpha value is -3.37. The number of likely N-dealkylation sites (N-methyl/N-ethyl adjacent to an activating group) is 1. The molecule has 5 rings (SSSR count). The van der Waals surface area contributed by atoms with Gasteiger partial charge in [-0.25, -0.2) is 4.98 Å². The number of ether oxygens (including phenoxy) is 1. The first-order chi connectivity index (χ1) is 17.8. The van der Waals surface area contributed by atoms with Crippen molar-refractivity contribution in [2.75, 3.05) is 50.1 Å². The minimum Gasteiger partial charge on any atom is -0.478 e. The third-order valence-electron chi connectivity index (χ3n) is 7.20. The van der Waals surface area contributed by atoms with Gasteiger partial charge in [0, 0.05) is 49.2 Å². The van der Waals surface area contributed by atoms with E-state index in [-0.39, 0.29) is 29.9 Å². The number of aromatic nitrogens is 3. The van der Waals surface area contributed by atoms with Gasteiger partial charge in [-0.3, -0.25) is 9.59 Å². The van der Waals surface area contributed by atoms with E-state index in [0.29, 0.717) is 22.2 Å². The molecule has 2 aromatic heterocycles. The van der Waals surface area contributed by atoms with Crippen molar-refractivity contribution >= 4 is 45.9 Å². The van der Waals surface area contributed by atoms with Gasteiger partial charge < -0.3 is 30.2 Å². The molecule has 2 aliphatic rings. The summed E-state index contributed by atoms with van der Waals surface area (Å²) >= 11 is 6.47. The number of hydrogen-bond acceptors (Lipinski definition) is 8. The lowest BCUT2D eigenvalue weighted by molar-refractivity contribution is -0.122. The largest absolute Gasteiger partial charge is 0.478 e. The molecular formula is C26H32ClN7O3. The van der Waals surface area contributed by atoms with Crippen LogP contribution in [0, 0.1) is 5.41 Å². The lowest BCUT2D eigenvalue weighted by atomic mass is 9.87. The lowest BCUT2D eigenvalue weighted by Gasteiger charge is -2.23. The van der Waals surface area contributed by atoms with Crippen LogP contribution in [0.3, 0.4) is 0 Å². The number of carbonyl (C=O) groups excluding carboxylic acids is 1. The van der Waals surface area contributed by atoms with E-state index in [1.807, 2.05) is 32.0 Å². The molecular weight excluding hydrogens is 494 g/mol. The molecule has 1 spiro atoms. The van der Waals surface area contributed by atoms with Crippen LogP contribution in [0.25, 0.3) is 10.9 Å². The minimum absolute atomic E-state index is 0.102. The summed E-state index contributed by atoms with van der Waals surface area (Å²) in [7, 11) is 1.52. The molecule has 1 aromatic carbocycles. The molecule has 4 heterocycles. The fourth-order valence-corrected chi connectivity index (χ4v) is 5.35. The summed E-state index contributed by atoms with van der Waals surface area (Å²) in [6.45, 7) is 7.58. The summed E-state index contributed by atoms with van der Waals surface area (Å²) in [5.41, 5.74) is 1.54. The fourth-order valence-electron chi connectivity index (χ4n) is 5.21. The second kappa shape index (κ2) is 10.2. The first-order valence-electron chi connectivity index (χ1n) is 12.6. The molecule has 2 aliphatic heterocycles. The third kappa shape index (κ3) is 5.08. The minimum atomic E-state index is -0.312. The summed E-state index contributed by atoms with van der Waals surface area (Å²) in [4.78, 5) is 36.2. The van der Waals surface area contributed by atoms with Gasteiger partial charge in [-0.2, -0.15) is 4.98 Å². The van der Waals surface area contributed by atoms with Crippen molar-refractivity contribution in [1.82, 2.24) is 25.2 Å². The highest BCUT2D eigenvalue weighted by atomic mass is 35.5. The standard InChI is InChI=1S/C26H32ClN7O3/c1-16(2)34-20-5-4-18(10-17(20)11-21(24(34)36)37-13-22(35)28-3)31-23-19(27)12-30-25(32-23)33-9-7-26(15-33)6-8-29-14-26/h4-5,10-12,16,29H,6-9,13-15H2,1-3H3,(H,28,35)(H,30,31,32). The molecule has 2 fully saturated rings. The quantitative estimate of drug-likeness (QED) is 0.431. The molecule has 37 heavy (non-hydrogen) atoms. The number of nitrogens with zero attached hydrogens (tertiary/aromatic N) is 4. The van der Waals surface area contributed by atoms with E-state index in [4.69, 9.17) is 21.3 Å². The zero-order valence-electron chi connectivity index (χ0n) is 21.3. The van der Waals surface area contributed by atoms with E-state index in [1.54, 1.807) is 16.8 Å². The molecule has 0 bridgehead atoms. The van der Waals surface area contributed by atoms with Crippen LogP contribution in [0.15, 0.2) is 35.3 Å². The number of rotatable bonds is 7. The number of benzene rings is 1. The Kier molecular flexibility index (Phi) is 6.96. The molecule has 10 nitrogen and oxygen atoms in total. The van der Waals surface area contributed by atoms with Gasteiger partial charge in [-0.1, -0.05) is 11.6 Å². The highest BCUT2D eigenvalue weighted by Crippen LogP contribution is 2.38. The first kappa shape index (κ1) is 25.3. The van der Waals surface area contributed by atoms with Crippen LogP contribution in [0.1, 0.15) is 32.7 Å². The SMILES string of the molecule is CNC(=O)COc1cc2cc(Nc3nc(N4CCC5(CCNC5)C4)ncc3Cl)ccc2n(C(C)C)c1=O. The van der Waals surface area contributed by atoms with Gasteiger partial charge in [0.25, 0.3) is 11.5 Å². The first-order valence-corrected chi connectivity index (χ1v) is 12.9. The van der Waals surface area contributed by atoms with E-state index in [1.165, 1.54) is 13.5 Å². The lowest BCUT2D eigenvalue weighted by Crippen LogP contribution is -2.30. The van der Waals surface area contributed by atoms with E-state index in [9.17, 15) is 9.59 Å². The molecule has 0 aliphatic carbocycles. The molecule has 3 N–H and O–H groups in total. The Balaban J connectivity index is 1.44. The van der Waals surface area contributed by atoms with Crippen molar-refractivity contribution < 1.29 is 9.53 Å². The fraction of sp³-hybridized carbons (Fsp3) is 0.462. The molecule has 2 saturated heterocycles. The Labute approximate surface area is 220 Å². The average molecular weight is 526 g/mol. The van der Waals surface area contributed by atoms with Crippen molar-refractivity contribution in [3.05, 3.63) is 45.8 Å². The maximum absolute atomic E-state index is 13.0. The molecule has 196 valence electrons. The van der Waals surface area contributed by atoms with Crippen molar-refractivity contribution in [2.45, 2.75) is 32.7 Å². The summed E-state index contributed by atoms with van der Waals surface area (Å²) in [6.07, 6.45) is 3.93. The average Bonchev–Trinajstić information content (AvgIpc) is 3.53. The van der Waals surface area contributed by atoms with E-state index in [2.05, 4.69) is 25.8 Å². The van der Waals surface area contributed by atoms with Gasteiger partial charge in [0.1, 0.15) is 5.02 Å². The Bertz CT molecular complexity index is 1380. The Morgan fingerprint density at radius 2 is 2.14 bits per heavy atom. The molecule has 1 atom stereocenters. The van der Waals surface area contributed by atoms with Crippen molar-refractivity contribution in [1.29, 1.82) is 0 Å². The Morgan fingerprint density at radius 3 is 2.86 bits per heavy atom. The van der Waals surface area contributed by atoms with Gasteiger partial charge in [0.05, 0.1) is 11.7 Å². The normalized spacial score (nSPS) is 19.2. The molecule has 11 heteroatoms. The number of anilines is 3. The molecule has 1 amide bonds. The second-order valence-electron chi connectivity index (χ2n) is 10.1. The second-order valence-corrected chi connectivity index (χ2v) is 10.5.